The van der Waals surface area contributed by atoms with Crippen LogP contribution in [-0.2, 0) is 11.3 Å². The highest BCUT2D eigenvalue weighted by atomic mass is 32.1. The lowest BCUT2D eigenvalue weighted by Crippen LogP contribution is -2.47. The highest BCUT2D eigenvalue weighted by Crippen LogP contribution is 2.61. The number of rotatable bonds is 5. The van der Waals surface area contributed by atoms with Gasteiger partial charge in [-0.3, -0.25) is 9.78 Å². The van der Waals surface area contributed by atoms with Gasteiger partial charge in [0.2, 0.25) is 5.91 Å². The molecular weight excluding hydrogens is 342 g/mol. The van der Waals surface area contributed by atoms with Gasteiger partial charge in [0.1, 0.15) is 5.01 Å². The minimum Gasteiger partial charge on any atom is -0.350 e. The fourth-order valence-corrected chi connectivity index (χ4v) is 6.94. The lowest BCUT2D eigenvalue weighted by molar-refractivity contribution is -0.129. The Labute approximate surface area is 158 Å². The van der Waals surface area contributed by atoms with Crippen molar-refractivity contribution in [3.8, 4) is 10.6 Å². The smallest absolute Gasteiger partial charge is 0.220 e. The summed E-state index contributed by atoms with van der Waals surface area (Å²) in [6.45, 7) is 0.535. The Morgan fingerprint density at radius 3 is 2.42 bits per heavy atom. The zero-order valence-corrected chi connectivity index (χ0v) is 15.8. The molecule has 4 fully saturated rings. The van der Waals surface area contributed by atoms with E-state index in [0.717, 1.165) is 40.4 Å². The molecule has 0 saturated heterocycles. The van der Waals surface area contributed by atoms with Crippen molar-refractivity contribution >= 4 is 17.2 Å². The first-order valence-corrected chi connectivity index (χ1v) is 10.7. The second-order valence-corrected chi connectivity index (χ2v) is 9.61. The summed E-state index contributed by atoms with van der Waals surface area (Å²) in [5.74, 6) is 2.91. The highest BCUT2D eigenvalue weighted by molar-refractivity contribution is 7.13. The van der Waals surface area contributed by atoms with E-state index in [1.807, 2.05) is 17.5 Å². The normalized spacial score (nSPS) is 31.9. The van der Waals surface area contributed by atoms with Crippen LogP contribution in [0.4, 0.5) is 0 Å². The number of pyridine rings is 1. The Kier molecular flexibility index (Phi) is 4.07. The summed E-state index contributed by atoms with van der Waals surface area (Å²) in [5.41, 5.74) is 2.33. The number of nitrogens with one attached hydrogen (secondary N) is 1. The van der Waals surface area contributed by atoms with Crippen LogP contribution in [-0.4, -0.2) is 15.9 Å². The van der Waals surface area contributed by atoms with Gasteiger partial charge in [0.05, 0.1) is 12.2 Å². The zero-order valence-electron chi connectivity index (χ0n) is 15.0. The Bertz CT molecular complexity index is 765. The van der Waals surface area contributed by atoms with Crippen molar-refractivity contribution in [3.05, 3.63) is 35.6 Å². The van der Waals surface area contributed by atoms with Gasteiger partial charge < -0.3 is 5.32 Å². The third-order valence-electron chi connectivity index (χ3n) is 6.65. The molecule has 0 unspecified atom stereocenters. The van der Waals surface area contributed by atoms with Crippen LogP contribution in [0.5, 0.6) is 0 Å². The van der Waals surface area contributed by atoms with Crippen LogP contribution < -0.4 is 5.32 Å². The molecule has 1 N–H and O–H groups in total. The van der Waals surface area contributed by atoms with Crippen LogP contribution in [0.1, 0.15) is 50.6 Å². The Morgan fingerprint density at radius 2 is 1.77 bits per heavy atom. The van der Waals surface area contributed by atoms with Crippen LogP contribution in [0.15, 0.2) is 29.9 Å². The van der Waals surface area contributed by atoms with Gasteiger partial charge in [0.15, 0.2) is 0 Å². The van der Waals surface area contributed by atoms with Crippen molar-refractivity contribution in [1.82, 2.24) is 15.3 Å². The monoisotopic (exact) mass is 367 g/mol. The number of nitrogens with zero attached hydrogens (tertiary/aromatic N) is 2. The van der Waals surface area contributed by atoms with Crippen LogP contribution in [0.2, 0.25) is 0 Å². The van der Waals surface area contributed by atoms with Crippen molar-refractivity contribution < 1.29 is 4.79 Å². The van der Waals surface area contributed by atoms with Gasteiger partial charge in [-0.15, -0.1) is 11.3 Å². The molecule has 0 aromatic carbocycles. The van der Waals surface area contributed by atoms with Gasteiger partial charge in [0, 0.05) is 29.8 Å². The topological polar surface area (TPSA) is 54.9 Å². The molecule has 4 aliphatic carbocycles. The third-order valence-corrected chi connectivity index (χ3v) is 7.59. The second kappa shape index (κ2) is 6.45. The molecule has 26 heavy (non-hydrogen) atoms. The summed E-state index contributed by atoms with van der Waals surface area (Å²) in [5, 5.41) is 6.16. The van der Waals surface area contributed by atoms with Crippen molar-refractivity contribution in [3.63, 3.8) is 0 Å². The van der Waals surface area contributed by atoms with Crippen molar-refractivity contribution in [2.45, 2.75) is 51.5 Å². The number of carbonyl (C=O) groups is 1. The van der Waals surface area contributed by atoms with E-state index in [2.05, 4.69) is 15.3 Å². The summed E-state index contributed by atoms with van der Waals surface area (Å²) < 4.78 is 0. The minimum atomic E-state index is 0.213. The first-order valence-electron chi connectivity index (χ1n) is 9.79. The maximum absolute atomic E-state index is 12.6. The Balaban J connectivity index is 1.19. The van der Waals surface area contributed by atoms with Crippen molar-refractivity contribution in [2.24, 2.45) is 23.2 Å². The molecular formula is C21H25N3OS. The van der Waals surface area contributed by atoms with Crippen molar-refractivity contribution in [2.75, 3.05) is 0 Å². The fourth-order valence-electron chi connectivity index (χ4n) is 6.11. The average molecular weight is 368 g/mol. The van der Waals surface area contributed by atoms with Crippen LogP contribution in [0.25, 0.3) is 10.6 Å². The maximum atomic E-state index is 12.6. The number of carbonyl (C=O) groups excluding carboxylic acids is 1. The van der Waals surface area contributed by atoms with Gasteiger partial charge in [-0.1, -0.05) is 0 Å². The molecule has 1 amide bonds. The number of thiazole rings is 1. The lowest BCUT2D eigenvalue weighted by Gasteiger charge is -2.56. The second-order valence-electron chi connectivity index (χ2n) is 8.75. The first kappa shape index (κ1) is 16.4. The summed E-state index contributed by atoms with van der Waals surface area (Å²) in [7, 11) is 0. The van der Waals surface area contributed by atoms with E-state index < -0.39 is 0 Å². The average Bonchev–Trinajstić information content (AvgIpc) is 3.08. The molecule has 0 aliphatic heterocycles. The largest absolute Gasteiger partial charge is 0.350 e. The summed E-state index contributed by atoms with van der Waals surface area (Å²) >= 11 is 1.62. The summed E-state index contributed by atoms with van der Waals surface area (Å²) in [4.78, 5) is 21.3. The zero-order chi connectivity index (χ0) is 17.6. The molecule has 2 aromatic rings. The van der Waals surface area contributed by atoms with E-state index in [0.29, 0.717) is 12.0 Å². The number of hydrogen-bond acceptors (Lipinski definition) is 4. The summed E-state index contributed by atoms with van der Waals surface area (Å²) in [6.07, 6.45) is 12.4. The van der Waals surface area contributed by atoms with Crippen LogP contribution in [0, 0.1) is 23.2 Å². The molecule has 2 heterocycles. The van der Waals surface area contributed by atoms with E-state index in [9.17, 15) is 4.79 Å². The molecule has 4 saturated carbocycles. The minimum absolute atomic E-state index is 0.213. The van der Waals surface area contributed by atoms with Gasteiger partial charge in [-0.25, -0.2) is 4.98 Å². The Morgan fingerprint density at radius 1 is 1.12 bits per heavy atom. The fraction of sp³-hybridized carbons (Fsp3) is 0.571. The lowest BCUT2D eigenvalue weighted by atomic mass is 9.49. The van der Waals surface area contributed by atoms with Gasteiger partial charge >= 0.3 is 0 Å². The van der Waals surface area contributed by atoms with Gasteiger partial charge in [-0.2, -0.15) is 0 Å². The molecule has 4 aliphatic rings. The van der Waals surface area contributed by atoms with E-state index >= 15 is 0 Å². The van der Waals surface area contributed by atoms with E-state index in [-0.39, 0.29) is 5.91 Å². The van der Waals surface area contributed by atoms with Crippen molar-refractivity contribution in [1.29, 1.82) is 0 Å². The van der Waals surface area contributed by atoms with E-state index in [1.165, 1.54) is 38.5 Å². The van der Waals surface area contributed by atoms with E-state index in [4.69, 9.17) is 0 Å². The van der Waals surface area contributed by atoms with E-state index in [1.54, 1.807) is 23.7 Å². The number of amides is 1. The predicted molar refractivity (Wildman–Crippen MR) is 102 cm³/mol. The number of aromatic nitrogens is 2. The molecule has 2 aromatic heterocycles. The Hall–Kier alpha value is -1.75. The molecule has 0 spiro atoms. The predicted octanol–water partition coefficient (Wildman–Crippen LogP) is 4.43. The highest BCUT2D eigenvalue weighted by Gasteiger charge is 2.51. The van der Waals surface area contributed by atoms with Crippen LogP contribution >= 0.6 is 11.3 Å². The molecule has 4 nitrogen and oxygen atoms in total. The number of hydrogen-bond donors (Lipinski definition) is 1. The van der Waals surface area contributed by atoms with Crippen LogP contribution in [0.3, 0.4) is 0 Å². The molecule has 4 bridgehead atoms. The van der Waals surface area contributed by atoms with Gasteiger partial charge in [-0.05, 0) is 73.8 Å². The quantitative estimate of drug-likeness (QED) is 0.851. The molecule has 5 heteroatoms. The molecule has 0 atom stereocenters. The summed E-state index contributed by atoms with van der Waals surface area (Å²) in [6, 6.07) is 3.93. The standard InChI is InChI=1S/C21H25N3OS/c25-19(11-21-8-14-5-15(9-21)7-16(6-14)10-21)23-12-18-13-26-20(24-18)17-1-3-22-4-2-17/h1-4,13-16H,5-12H2,(H,23,25). The maximum Gasteiger partial charge on any atom is 0.220 e. The third kappa shape index (κ3) is 3.18. The van der Waals surface area contributed by atoms with Gasteiger partial charge in [0.25, 0.3) is 0 Å². The first-order chi connectivity index (χ1) is 12.7. The SMILES string of the molecule is O=C(CC12CC3CC(CC(C3)C1)C2)NCc1csc(-c2ccncc2)n1. The molecule has 136 valence electrons. The molecule has 6 rings (SSSR count). The molecule has 0 radical (unpaired) electrons.